The van der Waals surface area contributed by atoms with Gasteiger partial charge in [0.25, 0.3) is 0 Å². The largest absolute Gasteiger partial charge is 0.481 e. The summed E-state index contributed by atoms with van der Waals surface area (Å²) in [6, 6.07) is 1.96. The fraction of sp³-hybridized carbons (Fsp3) is 0.750. The Morgan fingerprint density at radius 2 is 2.06 bits per heavy atom. The van der Waals surface area contributed by atoms with E-state index in [0.717, 1.165) is 0 Å². The zero-order chi connectivity index (χ0) is 13.9. The number of carbonyl (C=O) groups is 2. The molecule has 0 aromatic carbocycles. The van der Waals surface area contributed by atoms with Gasteiger partial charge < -0.3 is 14.7 Å². The molecule has 1 heterocycles. The molecule has 1 saturated heterocycles. The van der Waals surface area contributed by atoms with Crippen molar-refractivity contribution in [1.82, 2.24) is 4.90 Å². The highest BCUT2D eigenvalue weighted by Crippen LogP contribution is 2.27. The summed E-state index contributed by atoms with van der Waals surface area (Å²) in [5.74, 6) is -1.97. The molecule has 6 heteroatoms. The third-order valence-electron chi connectivity index (χ3n) is 2.76. The van der Waals surface area contributed by atoms with Crippen molar-refractivity contribution in [3.63, 3.8) is 0 Å². The van der Waals surface area contributed by atoms with Crippen molar-refractivity contribution in [2.45, 2.75) is 32.8 Å². The average Bonchev–Trinajstić information content (AvgIpc) is 2.59. The molecular formula is C12H18N2O4. The Bertz CT molecular complexity index is 381. The average molecular weight is 254 g/mol. The van der Waals surface area contributed by atoms with Crippen LogP contribution in [0.3, 0.4) is 0 Å². The molecule has 1 amide bonds. The third kappa shape index (κ3) is 3.62. The minimum absolute atomic E-state index is 0.108. The third-order valence-corrected chi connectivity index (χ3v) is 2.76. The highest BCUT2D eigenvalue weighted by molar-refractivity contribution is 5.74. The van der Waals surface area contributed by atoms with Crippen LogP contribution < -0.4 is 0 Å². The first-order valence-electron chi connectivity index (χ1n) is 5.82. The van der Waals surface area contributed by atoms with Gasteiger partial charge in [-0.1, -0.05) is 0 Å². The first-order chi connectivity index (χ1) is 8.24. The molecule has 18 heavy (non-hydrogen) atoms. The van der Waals surface area contributed by atoms with Crippen LogP contribution in [-0.4, -0.2) is 40.8 Å². The molecule has 100 valence electrons. The molecular weight excluding hydrogens is 236 g/mol. The minimum Gasteiger partial charge on any atom is -0.481 e. The van der Waals surface area contributed by atoms with Crippen molar-refractivity contribution in [3.8, 4) is 6.07 Å². The van der Waals surface area contributed by atoms with Gasteiger partial charge in [-0.2, -0.15) is 5.26 Å². The summed E-state index contributed by atoms with van der Waals surface area (Å²) in [5, 5.41) is 17.7. The van der Waals surface area contributed by atoms with Crippen LogP contribution in [-0.2, 0) is 9.53 Å². The Hall–Kier alpha value is -1.77. The molecule has 0 saturated carbocycles. The highest BCUT2D eigenvalue weighted by atomic mass is 16.6. The van der Waals surface area contributed by atoms with E-state index in [4.69, 9.17) is 15.1 Å². The van der Waals surface area contributed by atoms with Crippen LogP contribution >= 0.6 is 0 Å². The number of carboxylic acid groups (broad SMARTS) is 1. The number of rotatable bonds is 2. The minimum atomic E-state index is -0.971. The highest BCUT2D eigenvalue weighted by Gasteiger charge is 2.40. The standard InChI is InChI=1S/C12H18N2O4/c1-12(2,3)18-11(17)14-6-8(4-5-13)9(7-14)10(15)16/h8-9H,4,6-7H2,1-3H3,(H,15,16)/t8-,9-/m0/s1. The fourth-order valence-electron chi connectivity index (χ4n) is 1.95. The Labute approximate surface area is 106 Å². The van der Waals surface area contributed by atoms with Gasteiger partial charge in [0, 0.05) is 25.4 Å². The number of carboxylic acids is 1. The number of ether oxygens (including phenoxy) is 1. The second kappa shape index (κ2) is 5.25. The van der Waals surface area contributed by atoms with E-state index in [1.54, 1.807) is 20.8 Å². The molecule has 6 nitrogen and oxygen atoms in total. The molecule has 1 aliphatic rings. The van der Waals surface area contributed by atoms with Crippen molar-refractivity contribution in [3.05, 3.63) is 0 Å². The molecule has 0 spiro atoms. The number of aliphatic carboxylic acids is 1. The van der Waals surface area contributed by atoms with Gasteiger partial charge >= 0.3 is 12.1 Å². The van der Waals surface area contributed by atoms with E-state index in [2.05, 4.69) is 0 Å². The van der Waals surface area contributed by atoms with Crippen molar-refractivity contribution < 1.29 is 19.4 Å². The van der Waals surface area contributed by atoms with E-state index < -0.39 is 23.6 Å². The Morgan fingerprint density at radius 1 is 1.44 bits per heavy atom. The SMILES string of the molecule is CC(C)(C)OC(=O)N1C[C@H](CC#N)[C@@H](C(=O)O)C1. The maximum atomic E-state index is 11.8. The normalized spacial score (nSPS) is 23.6. The quantitative estimate of drug-likeness (QED) is 0.805. The van der Waals surface area contributed by atoms with Gasteiger partial charge in [0.05, 0.1) is 12.0 Å². The predicted molar refractivity (Wildman–Crippen MR) is 62.7 cm³/mol. The van der Waals surface area contributed by atoms with Crippen LogP contribution in [0.1, 0.15) is 27.2 Å². The maximum Gasteiger partial charge on any atom is 0.410 e. The lowest BCUT2D eigenvalue weighted by Crippen LogP contribution is -2.35. The van der Waals surface area contributed by atoms with Gasteiger partial charge in [-0.3, -0.25) is 4.79 Å². The number of nitrogens with zero attached hydrogens (tertiary/aromatic N) is 2. The maximum absolute atomic E-state index is 11.8. The number of likely N-dealkylation sites (tertiary alicyclic amines) is 1. The van der Waals surface area contributed by atoms with Gasteiger partial charge in [-0.15, -0.1) is 0 Å². The lowest BCUT2D eigenvalue weighted by molar-refractivity contribution is -0.142. The van der Waals surface area contributed by atoms with E-state index in [9.17, 15) is 9.59 Å². The fourth-order valence-corrected chi connectivity index (χ4v) is 1.95. The summed E-state index contributed by atoms with van der Waals surface area (Å²) in [5.41, 5.74) is -0.608. The molecule has 0 aliphatic carbocycles. The van der Waals surface area contributed by atoms with Gasteiger partial charge in [-0.25, -0.2) is 4.79 Å². The van der Waals surface area contributed by atoms with Gasteiger partial charge in [0.1, 0.15) is 5.60 Å². The van der Waals surface area contributed by atoms with Crippen LogP contribution in [0.25, 0.3) is 0 Å². The van der Waals surface area contributed by atoms with Gasteiger partial charge in [0.2, 0.25) is 0 Å². The predicted octanol–water partition coefficient (Wildman–Crippen LogP) is 1.47. The van der Waals surface area contributed by atoms with Gasteiger partial charge in [0.15, 0.2) is 0 Å². The molecule has 2 atom stereocenters. The van der Waals surface area contributed by atoms with E-state index in [1.807, 2.05) is 6.07 Å². The van der Waals surface area contributed by atoms with Crippen LogP contribution in [0.4, 0.5) is 4.79 Å². The molecule has 0 aromatic heterocycles. The number of hydrogen-bond donors (Lipinski definition) is 1. The van der Waals surface area contributed by atoms with E-state index in [-0.39, 0.29) is 25.4 Å². The van der Waals surface area contributed by atoms with E-state index in [1.165, 1.54) is 4.90 Å². The second-order valence-electron chi connectivity index (χ2n) is 5.45. The second-order valence-corrected chi connectivity index (χ2v) is 5.45. The van der Waals surface area contributed by atoms with Crippen molar-refractivity contribution >= 4 is 12.1 Å². The van der Waals surface area contributed by atoms with Crippen LogP contribution in [0.5, 0.6) is 0 Å². The summed E-state index contributed by atoms with van der Waals surface area (Å²) < 4.78 is 5.19. The lowest BCUT2D eigenvalue weighted by atomic mass is 9.94. The molecule has 1 N–H and O–H groups in total. The topological polar surface area (TPSA) is 90.6 Å². The summed E-state index contributed by atoms with van der Waals surface area (Å²) in [4.78, 5) is 24.2. The summed E-state index contributed by atoms with van der Waals surface area (Å²) in [7, 11) is 0. The molecule has 0 bridgehead atoms. The molecule has 0 aromatic rings. The van der Waals surface area contributed by atoms with Crippen LogP contribution in [0, 0.1) is 23.2 Å². The van der Waals surface area contributed by atoms with Crippen molar-refractivity contribution in [2.24, 2.45) is 11.8 Å². The lowest BCUT2D eigenvalue weighted by Gasteiger charge is -2.24. The van der Waals surface area contributed by atoms with Crippen LogP contribution in [0.2, 0.25) is 0 Å². The Kier molecular flexibility index (Phi) is 4.17. The van der Waals surface area contributed by atoms with Gasteiger partial charge in [-0.05, 0) is 20.8 Å². The number of amides is 1. The first-order valence-corrected chi connectivity index (χ1v) is 5.82. The number of nitriles is 1. The molecule has 1 fully saturated rings. The summed E-state index contributed by atoms with van der Waals surface area (Å²) in [6.07, 6.45) is -0.384. The zero-order valence-corrected chi connectivity index (χ0v) is 10.8. The van der Waals surface area contributed by atoms with E-state index >= 15 is 0 Å². The molecule has 1 rings (SSSR count). The molecule has 0 unspecified atom stereocenters. The molecule has 0 radical (unpaired) electrons. The van der Waals surface area contributed by atoms with Crippen molar-refractivity contribution in [2.75, 3.05) is 13.1 Å². The smallest absolute Gasteiger partial charge is 0.410 e. The number of carbonyl (C=O) groups excluding carboxylic acids is 1. The van der Waals surface area contributed by atoms with Crippen LogP contribution in [0.15, 0.2) is 0 Å². The first kappa shape index (κ1) is 14.3. The zero-order valence-electron chi connectivity index (χ0n) is 10.8. The van der Waals surface area contributed by atoms with Crippen molar-refractivity contribution in [1.29, 1.82) is 5.26 Å². The Balaban J connectivity index is 2.69. The monoisotopic (exact) mass is 254 g/mol. The Morgan fingerprint density at radius 3 is 2.50 bits per heavy atom. The summed E-state index contributed by atoms with van der Waals surface area (Å²) >= 11 is 0. The van der Waals surface area contributed by atoms with E-state index in [0.29, 0.717) is 0 Å². The number of hydrogen-bond acceptors (Lipinski definition) is 4. The summed E-state index contributed by atoms with van der Waals surface area (Å²) in [6.45, 7) is 5.63. The molecule has 1 aliphatic heterocycles.